The highest BCUT2D eigenvalue weighted by atomic mass is 16.4. The van der Waals surface area contributed by atoms with Gasteiger partial charge < -0.3 is 14.9 Å². The summed E-state index contributed by atoms with van der Waals surface area (Å²) in [6.07, 6.45) is 6.04. The van der Waals surface area contributed by atoms with E-state index >= 15 is 0 Å². The standard InChI is InChI=1S/C15H26N2O3/c1-2-12-5-3-8-16(10-7-12)15(20)17-9-4-6-13(11-17)14(18)19/h12-13H,2-11H2,1H3,(H,18,19)/t12?,13-/m0/s1. The fraction of sp³-hybridized carbons (Fsp3) is 0.867. The second-order valence-electron chi connectivity index (χ2n) is 6.10. The monoisotopic (exact) mass is 282 g/mol. The Labute approximate surface area is 120 Å². The molecule has 0 aromatic rings. The fourth-order valence-electron chi connectivity index (χ4n) is 3.32. The number of piperidine rings is 1. The van der Waals surface area contributed by atoms with Crippen molar-refractivity contribution in [3.8, 4) is 0 Å². The van der Waals surface area contributed by atoms with Crippen molar-refractivity contribution in [2.24, 2.45) is 11.8 Å². The molecule has 5 heteroatoms. The van der Waals surface area contributed by atoms with Gasteiger partial charge in [-0.15, -0.1) is 0 Å². The molecule has 20 heavy (non-hydrogen) atoms. The molecule has 0 bridgehead atoms. The Hall–Kier alpha value is -1.26. The van der Waals surface area contributed by atoms with Crippen LogP contribution < -0.4 is 0 Å². The first-order valence-electron chi connectivity index (χ1n) is 7.88. The summed E-state index contributed by atoms with van der Waals surface area (Å²) >= 11 is 0. The van der Waals surface area contributed by atoms with Crippen LogP contribution in [0, 0.1) is 11.8 Å². The Bertz CT molecular complexity index is 359. The summed E-state index contributed by atoms with van der Waals surface area (Å²) in [5, 5.41) is 9.11. The molecule has 2 saturated heterocycles. The lowest BCUT2D eigenvalue weighted by molar-refractivity contribution is -0.143. The maximum atomic E-state index is 12.5. The molecule has 2 rings (SSSR count). The van der Waals surface area contributed by atoms with E-state index in [-0.39, 0.29) is 11.9 Å². The predicted octanol–water partition coefficient (Wildman–Crippen LogP) is 2.42. The van der Waals surface area contributed by atoms with E-state index in [0.29, 0.717) is 19.5 Å². The van der Waals surface area contributed by atoms with Crippen molar-refractivity contribution in [2.75, 3.05) is 26.2 Å². The Morgan fingerprint density at radius 1 is 1.05 bits per heavy atom. The van der Waals surface area contributed by atoms with Gasteiger partial charge in [0, 0.05) is 26.2 Å². The molecule has 0 radical (unpaired) electrons. The molecule has 0 aromatic carbocycles. The summed E-state index contributed by atoms with van der Waals surface area (Å²) in [5.74, 6) is -0.423. The number of amides is 2. The third-order valence-corrected chi connectivity index (χ3v) is 4.74. The number of hydrogen-bond acceptors (Lipinski definition) is 2. The molecule has 2 aliphatic heterocycles. The minimum Gasteiger partial charge on any atom is -0.481 e. The maximum Gasteiger partial charge on any atom is 0.320 e. The minimum absolute atomic E-state index is 0.0488. The number of hydrogen-bond donors (Lipinski definition) is 1. The van der Waals surface area contributed by atoms with Gasteiger partial charge in [0.2, 0.25) is 0 Å². The van der Waals surface area contributed by atoms with Gasteiger partial charge in [0.1, 0.15) is 0 Å². The van der Waals surface area contributed by atoms with Gasteiger partial charge in [0.25, 0.3) is 0 Å². The average molecular weight is 282 g/mol. The second kappa shape index (κ2) is 6.95. The SMILES string of the molecule is CCC1CCCN(C(=O)N2CCC[C@H](C(=O)O)C2)CC1. The lowest BCUT2D eigenvalue weighted by Gasteiger charge is -2.34. The van der Waals surface area contributed by atoms with Crippen molar-refractivity contribution in [1.29, 1.82) is 0 Å². The van der Waals surface area contributed by atoms with Crippen LogP contribution in [0.1, 0.15) is 45.4 Å². The molecule has 2 atom stereocenters. The van der Waals surface area contributed by atoms with Gasteiger partial charge in [-0.05, 0) is 38.0 Å². The average Bonchev–Trinajstić information content (AvgIpc) is 2.72. The smallest absolute Gasteiger partial charge is 0.320 e. The number of carbonyl (C=O) groups is 2. The lowest BCUT2D eigenvalue weighted by atomic mass is 9.98. The Morgan fingerprint density at radius 2 is 1.75 bits per heavy atom. The van der Waals surface area contributed by atoms with Crippen LogP contribution in [0.4, 0.5) is 4.79 Å². The number of likely N-dealkylation sites (tertiary alicyclic amines) is 2. The van der Waals surface area contributed by atoms with Crippen LogP contribution in [-0.4, -0.2) is 53.1 Å². The molecule has 2 fully saturated rings. The number of aliphatic carboxylic acids is 1. The number of carbonyl (C=O) groups excluding carboxylic acids is 1. The topological polar surface area (TPSA) is 60.9 Å². The molecule has 5 nitrogen and oxygen atoms in total. The Balaban J connectivity index is 1.91. The number of urea groups is 1. The number of carboxylic acid groups (broad SMARTS) is 1. The van der Waals surface area contributed by atoms with Gasteiger partial charge in [0.15, 0.2) is 0 Å². The van der Waals surface area contributed by atoms with Crippen LogP contribution in [0.3, 0.4) is 0 Å². The van der Waals surface area contributed by atoms with E-state index < -0.39 is 5.97 Å². The molecule has 2 amide bonds. The van der Waals surface area contributed by atoms with Crippen molar-refractivity contribution in [2.45, 2.75) is 45.4 Å². The van der Waals surface area contributed by atoms with Crippen LogP contribution >= 0.6 is 0 Å². The third kappa shape index (κ3) is 3.64. The summed E-state index contributed by atoms with van der Waals surface area (Å²) < 4.78 is 0. The quantitative estimate of drug-likeness (QED) is 0.846. The molecule has 0 spiro atoms. The van der Waals surface area contributed by atoms with E-state index in [2.05, 4.69) is 6.92 Å². The molecular formula is C15H26N2O3. The molecule has 1 unspecified atom stereocenters. The van der Waals surface area contributed by atoms with Crippen molar-refractivity contribution in [1.82, 2.24) is 9.80 Å². The number of rotatable bonds is 2. The highest BCUT2D eigenvalue weighted by molar-refractivity contribution is 5.76. The molecule has 0 aromatic heterocycles. The minimum atomic E-state index is -0.774. The van der Waals surface area contributed by atoms with Crippen LogP contribution in [0.15, 0.2) is 0 Å². The number of carboxylic acids is 1. The molecule has 0 saturated carbocycles. The highest BCUT2D eigenvalue weighted by Gasteiger charge is 2.31. The van der Waals surface area contributed by atoms with Crippen LogP contribution in [0.25, 0.3) is 0 Å². The van der Waals surface area contributed by atoms with Gasteiger partial charge in [-0.2, -0.15) is 0 Å². The summed E-state index contributed by atoms with van der Waals surface area (Å²) in [6.45, 7) is 4.94. The van der Waals surface area contributed by atoms with Gasteiger partial charge in [-0.3, -0.25) is 4.79 Å². The highest BCUT2D eigenvalue weighted by Crippen LogP contribution is 2.23. The van der Waals surface area contributed by atoms with Crippen LogP contribution in [0.5, 0.6) is 0 Å². The first-order chi connectivity index (χ1) is 9.61. The van der Waals surface area contributed by atoms with E-state index in [9.17, 15) is 9.59 Å². The van der Waals surface area contributed by atoms with E-state index in [1.807, 2.05) is 4.90 Å². The summed E-state index contributed by atoms with van der Waals surface area (Å²) in [4.78, 5) is 27.3. The Morgan fingerprint density at radius 3 is 2.45 bits per heavy atom. The van der Waals surface area contributed by atoms with Crippen molar-refractivity contribution >= 4 is 12.0 Å². The third-order valence-electron chi connectivity index (χ3n) is 4.74. The number of nitrogens with zero attached hydrogens (tertiary/aromatic N) is 2. The van der Waals surface area contributed by atoms with Crippen molar-refractivity contribution in [3.05, 3.63) is 0 Å². The fourth-order valence-corrected chi connectivity index (χ4v) is 3.32. The largest absolute Gasteiger partial charge is 0.481 e. The van der Waals surface area contributed by atoms with Gasteiger partial charge in [-0.1, -0.05) is 13.3 Å². The zero-order valence-corrected chi connectivity index (χ0v) is 12.4. The normalized spacial score (nSPS) is 28.1. The molecule has 114 valence electrons. The van der Waals surface area contributed by atoms with Crippen LogP contribution in [-0.2, 0) is 4.79 Å². The molecular weight excluding hydrogens is 256 g/mol. The van der Waals surface area contributed by atoms with Crippen molar-refractivity contribution in [3.63, 3.8) is 0 Å². The zero-order valence-electron chi connectivity index (χ0n) is 12.4. The summed E-state index contributed by atoms with van der Waals surface area (Å²) in [5.41, 5.74) is 0. The zero-order chi connectivity index (χ0) is 14.5. The first kappa shape index (κ1) is 15.1. The molecule has 0 aliphatic carbocycles. The summed E-state index contributed by atoms with van der Waals surface area (Å²) in [6, 6.07) is 0.0488. The van der Waals surface area contributed by atoms with Gasteiger partial charge in [0.05, 0.1) is 5.92 Å². The lowest BCUT2D eigenvalue weighted by Crippen LogP contribution is -2.49. The van der Waals surface area contributed by atoms with Crippen LogP contribution in [0.2, 0.25) is 0 Å². The molecule has 2 aliphatic rings. The van der Waals surface area contributed by atoms with Gasteiger partial charge in [-0.25, -0.2) is 4.79 Å². The van der Waals surface area contributed by atoms with Crippen molar-refractivity contribution < 1.29 is 14.7 Å². The van der Waals surface area contributed by atoms with Gasteiger partial charge >= 0.3 is 12.0 Å². The molecule has 2 heterocycles. The van der Waals surface area contributed by atoms with E-state index in [1.165, 1.54) is 12.8 Å². The summed E-state index contributed by atoms with van der Waals surface area (Å²) in [7, 11) is 0. The van der Waals surface area contributed by atoms with E-state index in [0.717, 1.165) is 38.3 Å². The Kier molecular flexibility index (Phi) is 5.26. The molecule has 1 N–H and O–H groups in total. The van der Waals surface area contributed by atoms with E-state index in [4.69, 9.17) is 5.11 Å². The predicted molar refractivity (Wildman–Crippen MR) is 76.5 cm³/mol. The second-order valence-corrected chi connectivity index (χ2v) is 6.10. The first-order valence-corrected chi connectivity index (χ1v) is 7.88. The maximum absolute atomic E-state index is 12.5. The van der Waals surface area contributed by atoms with E-state index in [1.54, 1.807) is 4.90 Å².